The highest BCUT2D eigenvalue weighted by Crippen LogP contribution is 2.16. The third-order valence-corrected chi connectivity index (χ3v) is 2.63. The Kier molecular flexibility index (Phi) is 2.88. The molecule has 0 spiro atoms. The predicted octanol–water partition coefficient (Wildman–Crippen LogP) is 1.63. The Balaban J connectivity index is 2.47. The largest absolute Gasteiger partial charge is 0.384 e. The number of methoxy groups -OCH3 is 1. The zero-order valence-corrected chi connectivity index (χ0v) is 9.40. The molecule has 0 aliphatic rings. The topological polar surface area (TPSA) is 50.8 Å². The molecule has 82 valence electrons. The Morgan fingerprint density at radius 1 is 1.50 bits per heavy atom. The van der Waals surface area contributed by atoms with Gasteiger partial charge in [-0.15, -0.1) is 0 Å². The van der Waals surface area contributed by atoms with Gasteiger partial charge in [-0.1, -0.05) is 0 Å². The minimum atomic E-state index is 0.642. The molecule has 0 bridgehead atoms. The van der Waals surface area contributed by atoms with Crippen LogP contribution in [0.5, 0.6) is 0 Å². The number of fused-ring (bicyclic) bond motifs is 1. The smallest absolute Gasteiger partial charge is 0.111 e. The SMILES string of the molecule is COCCc1nc2cc(C#N)ccc2n1C. The zero-order valence-electron chi connectivity index (χ0n) is 9.40. The van der Waals surface area contributed by atoms with Gasteiger partial charge in [-0.25, -0.2) is 4.98 Å². The molecule has 2 aromatic rings. The molecule has 0 N–H and O–H groups in total. The van der Waals surface area contributed by atoms with Crippen molar-refractivity contribution in [3.05, 3.63) is 29.6 Å². The number of hydrogen-bond donors (Lipinski definition) is 0. The predicted molar refractivity (Wildman–Crippen MR) is 61.0 cm³/mol. The molecule has 1 aromatic carbocycles. The van der Waals surface area contributed by atoms with Crippen LogP contribution in [0, 0.1) is 11.3 Å². The van der Waals surface area contributed by atoms with Crippen LogP contribution in [0.25, 0.3) is 11.0 Å². The molecule has 1 aromatic heterocycles. The molecule has 1 heterocycles. The van der Waals surface area contributed by atoms with Crippen LogP contribution in [0.2, 0.25) is 0 Å². The van der Waals surface area contributed by atoms with Gasteiger partial charge in [0.25, 0.3) is 0 Å². The van der Waals surface area contributed by atoms with Crippen LogP contribution in [0.3, 0.4) is 0 Å². The quantitative estimate of drug-likeness (QED) is 0.782. The molecule has 0 aliphatic heterocycles. The van der Waals surface area contributed by atoms with Gasteiger partial charge in [0, 0.05) is 20.6 Å². The normalized spacial score (nSPS) is 10.6. The number of nitrogens with zero attached hydrogens (tertiary/aromatic N) is 3. The fraction of sp³-hybridized carbons (Fsp3) is 0.333. The molecule has 0 atom stereocenters. The van der Waals surface area contributed by atoms with E-state index in [0.29, 0.717) is 12.2 Å². The fourth-order valence-corrected chi connectivity index (χ4v) is 1.74. The molecule has 0 unspecified atom stereocenters. The summed E-state index contributed by atoms with van der Waals surface area (Å²) in [5, 5.41) is 8.81. The van der Waals surface area contributed by atoms with Gasteiger partial charge < -0.3 is 9.30 Å². The summed E-state index contributed by atoms with van der Waals surface area (Å²) in [7, 11) is 3.66. The number of aryl methyl sites for hydroxylation is 1. The van der Waals surface area contributed by atoms with E-state index in [9.17, 15) is 0 Å². The van der Waals surface area contributed by atoms with E-state index < -0.39 is 0 Å². The van der Waals surface area contributed by atoms with Gasteiger partial charge >= 0.3 is 0 Å². The van der Waals surface area contributed by atoms with E-state index in [1.807, 2.05) is 29.8 Å². The Morgan fingerprint density at radius 3 is 3.00 bits per heavy atom. The maximum absolute atomic E-state index is 8.81. The van der Waals surface area contributed by atoms with Gasteiger partial charge in [0.2, 0.25) is 0 Å². The molecular formula is C12H13N3O. The molecule has 0 fully saturated rings. The van der Waals surface area contributed by atoms with Crippen molar-refractivity contribution in [2.24, 2.45) is 7.05 Å². The van der Waals surface area contributed by atoms with Crippen LogP contribution in [0.4, 0.5) is 0 Å². The van der Waals surface area contributed by atoms with Gasteiger partial charge in [-0.2, -0.15) is 5.26 Å². The van der Waals surface area contributed by atoms with E-state index >= 15 is 0 Å². The first-order chi connectivity index (χ1) is 7.76. The molecule has 0 saturated carbocycles. The minimum Gasteiger partial charge on any atom is -0.384 e. The number of imidazole rings is 1. The molecule has 0 saturated heterocycles. The number of nitriles is 1. The van der Waals surface area contributed by atoms with E-state index in [1.165, 1.54) is 0 Å². The molecule has 4 nitrogen and oxygen atoms in total. The van der Waals surface area contributed by atoms with Gasteiger partial charge in [0.1, 0.15) is 5.82 Å². The first kappa shape index (κ1) is 10.7. The number of rotatable bonds is 3. The monoisotopic (exact) mass is 215 g/mol. The summed E-state index contributed by atoms with van der Waals surface area (Å²) < 4.78 is 7.07. The highest BCUT2D eigenvalue weighted by Gasteiger charge is 2.07. The molecule has 0 aliphatic carbocycles. The lowest BCUT2D eigenvalue weighted by Gasteiger charge is -2.00. The lowest BCUT2D eigenvalue weighted by Crippen LogP contribution is -2.02. The highest BCUT2D eigenvalue weighted by molar-refractivity contribution is 5.77. The highest BCUT2D eigenvalue weighted by atomic mass is 16.5. The van der Waals surface area contributed by atoms with Gasteiger partial charge in [0.15, 0.2) is 0 Å². The molecule has 16 heavy (non-hydrogen) atoms. The standard InChI is InChI=1S/C12H13N3O/c1-15-11-4-3-9(8-13)7-10(11)14-12(15)5-6-16-2/h3-4,7H,5-6H2,1-2H3. The molecule has 0 radical (unpaired) electrons. The average molecular weight is 215 g/mol. The second kappa shape index (κ2) is 4.33. The Morgan fingerprint density at radius 2 is 2.31 bits per heavy atom. The van der Waals surface area contributed by atoms with Crippen LogP contribution in [-0.2, 0) is 18.2 Å². The summed E-state index contributed by atoms with van der Waals surface area (Å²) in [4.78, 5) is 4.49. The summed E-state index contributed by atoms with van der Waals surface area (Å²) in [5.41, 5.74) is 2.56. The maximum atomic E-state index is 8.81. The average Bonchev–Trinajstić information content (AvgIpc) is 2.63. The number of aromatic nitrogens is 2. The molecular weight excluding hydrogens is 202 g/mol. The van der Waals surface area contributed by atoms with Crippen molar-refractivity contribution in [1.29, 1.82) is 5.26 Å². The number of hydrogen-bond acceptors (Lipinski definition) is 3. The Bertz CT molecular complexity index is 551. The van der Waals surface area contributed by atoms with Crippen LogP contribution in [-0.4, -0.2) is 23.3 Å². The zero-order chi connectivity index (χ0) is 11.5. The van der Waals surface area contributed by atoms with Gasteiger partial charge in [-0.05, 0) is 18.2 Å². The summed E-state index contributed by atoms with van der Waals surface area (Å²) in [6.45, 7) is 0.655. The van der Waals surface area contributed by atoms with Crippen molar-refractivity contribution in [3.63, 3.8) is 0 Å². The van der Waals surface area contributed by atoms with E-state index in [4.69, 9.17) is 10.00 Å². The van der Waals surface area contributed by atoms with Crippen LogP contribution in [0.1, 0.15) is 11.4 Å². The lowest BCUT2D eigenvalue weighted by molar-refractivity contribution is 0.200. The summed E-state index contributed by atoms with van der Waals surface area (Å²) in [6.07, 6.45) is 0.781. The molecule has 0 amide bonds. The third-order valence-electron chi connectivity index (χ3n) is 2.63. The van der Waals surface area contributed by atoms with Crippen molar-refractivity contribution in [2.45, 2.75) is 6.42 Å². The summed E-state index contributed by atoms with van der Waals surface area (Å²) in [5.74, 6) is 0.979. The van der Waals surface area contributed by atoms with Crippen molar-refractivity contribution in [2.75, 3.05) is 13.7 Å². The number of benzene rings is 1. The second-order valence-corrected chi connectivity index (χ2v) is 3.65. The van der Waals surface area contributed by atoms with Crippen molar-refractivity contribution >= 4 is 11.0 Å². The van der Waals surface area contributed by atoms with E-state index in [2.05, 4.69) is 11.1 Å². The van der Waals surface area contributed by atoms with Gasteiger partial charge in [-0.3, -0.25) is 0 Å². The van der Waals surface area contributed by atoms with Crippen LogP contribution >= 0.6 is 0 Å². The van der Waals surface area contributed by atoms with Crippen molar-refractivity contribution in [3.8, 4) is 6.07 Å². The molecule has 4 heteroatoms. The van der Waals surface area contributed by atoms with E-state index in [-0.39, 0.29) is 0 Å². The van der Waals surface area contributed by atoms with E-state index in [1.54, 1.807) is 7.11 Å². The van der Waals surface area contributed by atoms with Crippen molar-refractivity contribution in [1.82, 2.24) is 9.55 Å². The Labute approximate surface area is 94.1 Å². The summed E-state index contributed by atoms with van der Waals surface area (Å²) in [6, 6.07) is 7.67. The number of ether oxygens (including phenoxy) is 1. The maximum Gasteiger partial charge on any atom is 0.111 e. The van der Waals surface area contributed by atoms with E-state index in [0.717, 1.165) is 23.3 Å². The summed E-state index contributed by atoms with van der Waals surface area (Å²) >= 11 is 0. The first-order valence-corrected chi connectivity index (χ1v) is 5.10. The first-order valence-electron chi connectivity index (χ1n) is 5.10. The molecule has 2 rings (SSSR count). The minimum absolute atomic E-state index is 0.642. The Hall–Kier alpha value is -1.86. The van der Waals surface area contributed by atoms with Crippen LogP contribution < -0.4 is 0 Å². The fourth-order valence-electron chi connectivity index (χ4n) is 1.74. The van der Waals surface area contributed by atoms with Gasteiger partial charge in [0.05, 0.1) is 29.3 Å². The van der Waals surface area contributed by atoms with Crippen LogP contribution in [0.15, 0.2) is 18.2 Å². The second-order valence-electron chi connectivity index (χ2n) is 3.65. The lowest BCUT2D eigenvalue weighted by atomic mass is 10.2. The van der Waals surface area contributed by atoms with Crippen molar-refractivity contribution < 1.29 is 4.74 Å². The third kappa shape index (κ3) is 1.77.